The zero-order valence-corrected chi connectivity index (χ0v) is 11.0. The number of alkyl halides is 2. The minimum absolute atomic E-state index is 0.168. The van der Waals surface area contributed by atoms with Gasteiger partial charge in [-0.2, -0.15) is 8.78 Å². The standard InChI is InChI=1S/C14H20F2N2/c1-11-3-4-12(2)13(9-11)14(15,16)10-18-7-5-17-6-8-18/h3-4,9,17H,5-8,10H2,1-2H3. The average molecular weight is 254 g/mol. The Hall–Kier alpha value is -1.00. The van der Waals surface area contributed by atoms with Crippen molar-refractivity contribution in [2.24, 2.45) is 0 Å². The van der Waals surface area contributed by atoms with Crippen LogP contribution in [0.3, 0.4) is 0 Å². The van der Waals surface area contributed by atoms with Crippen LogP contribution in [0.25, 0.3) is 0 Å². The second-order valence-electron chi connectivity index (χ2n) is 5.05. The van der Waals surface area contributed by atoms with Crippen molar-refractivity contribution in [1.29, 1.82) is 0 Å². The number of benzene rings is 1. The van der Waals surface area contributed by atoms with E-state index in [1.165, 1.54) is 0 Å². The van der Waals surface area contributed by atoms with Gasteiger partial charge >= 0.3 is 0 Å². The molecule has 100 valence electrons. The number of piperazine rings is 1. The summed E-state index contributed by atoms with van der Waals surface area (Å²) >= 11 is 0. The molecular formula is C14H20F2N2. The summed E-state index contributed by atoms with van der Waals surface area (Å²) in [7, 11) is 0. The minimum atomic E-state index is -2.77. The van der Waals surface area contributed by atoms with Crippen molar-refractivity contribution in [2.45, 2.75) is 19.8 Å². The van der Waals surface area contributed by atoms with Gasteiger partial charge in [-0.1, -0.05) is 17.7 Å². The smallest absolute Gasteiger partial charge is 0.285 e. The lowest BCUT2D eigenvalue weighted by Gasteiger charge is -2.31. The van der Waals surface area contributed by atoms with Crippen molar-refractivity contribution in [3.8, 4) is 0 Å². The highest BCUT2D eigenvalue weighted by Crippen LogP contribution is 2.32. The lowest BCUT2D eigenvalue weighted by molar-refractivity contribution is -0.0406. The fourth-order valence-corrected chi connectivity index (χ4v) is 2.37. The molecule has 1 fully saturated rings. The Bertz CT molecular complexity index is 412. The number of hydrogen-bond acceptors (Lipinski definition) is 2. The van der Waals surface area contributed by atoms with Gasteiger partial charge in [0.25, 0.3) is 5.92 Å². The largest absolute Gasteiger partial charge is 0.314 e. The fourth-order valence-electron chi connectivity index (χ4n) is 2.37. The number of rotatable bonds is 3. The fraction of sp³-hybridized carbons (Fsp3) is 0.571. The number of nitrogens with one attached hydrogen (secondary N) is 1. The van der Waals surface area contributed by atoms with Crippen LogP contribution >= 0.6 is 0 Å². The molecule has 1 saturated heterocycles. The van der Waals surface area contributed by atoms with Crippen molar-refractivity contribution in [1.82, 2.24) is 10.2 Å². The molecular weight excluding hydrogens is 234 g/mol. The van der Waals surface area contributed by atoms with Crippen LogP contribution in [0.4, 0.5) is 8.78 Å². The summed E-state index contributed by atoms with van der Waals surface area (Å²) in [4.78, 5) is 1.83. The van der Waals surface area contributed by atoms with Crippen molar-refractivity contribution >= 4 is 0 Å². The summed E-state index contributed by atoms with van der Waals surface area (Å²) < 4.78 is 28.6. The zero-order valence-electron chi connectivity index (χ0n) is 11.0. The van der Waals surface area contributed by atoms with Gasteiger partial charge in [0, 0.05) is 31.7 Å². The molecule has 0 aliphatic carbocycles. The van der Waals surface area contributed by atoms with Crippen LogP contribution < -0.4 is 5.32 Å². The topological polar surface area (TPSA) is 15.3 Å². The maximum atomic E-state index is 14.3. The van der Waals surface area contributed by atoms with Crippen LogP contribution in [0, 0.1) is 13.8 Å². The van der Waals surface area contributed by atoms with E-state index < -0.39 is 5.92 Å². The van der Waals surface area contributed by atoms with E-state index in [1.54, 1.807) is 19.1 Å². The predicted octanol–water partition coefficient (Wildman–Crippen LogP) is 2.30. The van der Waals surface area contributed by atoms with Crippen molar-refractivity contribution in [2.75, 3.05) is 32.7 Å². The second kappa shape index (κ2) is 5.33. The summed E-state index contributed by atoms with van der Waals surface area (Å²) in [5, 5.41) is 3.17. The first-order chi connectivity index (χ1) is 8.49. The van der Waals surface area contributed by atoms with Crippen LogP contribution in [0.15, 0.2) is 18.2 Å². The maximum Gasteiger partial charge on any atom is 0.285 e. The van der Waals surface area contributed by atoms with Gasteiger partial charge in [-0.05, 0) is 25.5 Å². The number of halogens is 2. The first-order valence-electron chi connectivity index (χ1n) is 6.38. The van der Waals surface area contributed by atoms with E-state index in [0.29, 0.717) is 18.7 Å². The summed E-state index contributed by atoms with van der Waals surface area (Å²) in [5.41, 5.74) is 1.72. The minimum Gasteiger partial charge on any atom is -0.314 e. The molecule has 1 aromatic rings. The Balaban J connectivity index is 2.15. The molecule has 1 aliphatic heterocycles. The van der Waals surface area contributed by atoms with Gasteiger partial charge in [-0.15, -0.1) is 0 Å². The highest BCUT2D eigenvalue weighted by atomic mass is 19.3. The normalized spacial score (nSPS) is 18.0. The van der Waals surface area contributed by atoms with Crippen molar-refractivity contribution in [3.05, 3.63) is 34.9 Å². The van der Waals surface area contributed by atoms with Gasteiger partial charge in [0.15, 0.2) is 0 Å². The molecule has 4 heteroatoms. The number of aryl methyl sites for hydroxylation is 2. The molecule has 18 heavy (non-hydrogen) atoms. The van der Waals surface area contributed by atoms with Crippen LogP contribution in [0.1, 0.15) is 16.7 Å². The molecule has 0 radical (unpaired) electrons. The third-order valence-corrected chi connectivity index (χ3v) is 3.42. The molecule has 0 unspecified atom stereocenters. The Kier molecular flexibility index (Phi) is 3.97. The SMILES string of the molecule is Cc1ccc(C)c(C(F)(F)CN2CCNCC2)c1. The molecule has 0 spiro atoms. The van der Waals surface area contributed by atoms with Gasteiger partial charge in [0.05, 0.1) is 6.54 Å². The summed E-state index contributed by atoms with van der Waals surface area (Å²) in [6.07, 6.45) is 0. The summed E-state index contributed by atoms with van der Waals surface area (Å²) in [5.74, 6) is -2.77. The van der Waals surface area contributed by atoms with E-state index in [2.05, 4.69) is 5.32 Å². The van der Waals surface area contributed by atoms with Crippen LogP contribution in [0.2, 0.25) is 0 Å². The molecule has 2 rings (SSSR count). The molecule has 0 saturated carbocycles. The average Bonchev–Trinajstić information content (AvgIpc) is 2.33. The monoisotopic (exact) mass is 254 g/mol. The van der Waals surface area contributed by atoms with Crippen LogP contribution in [0.5, 0.6) is 0 Å². The van der Waals surface area contributed by atoms with Crippen LogP contribution in [-0.4, -0.2) is 37.6 Å². The highest BCUT2D eigenvalue weighted by Gasteiger charge is 2.35. The molecule has 1 N–H and O–H groups in total. The van der Waals surface area contributed by atoms with Crippen molar-refractivity contribution < 1.29 is 8.78 Å². The van der Waals surface area contributed by atoms with E-state index in [1.807, 2.05) is 17.9 Å². The predicted molar refractivity (Wildman–Crippen MR) is 69.1 cm³/mol. The van der Waals surface area contributed by atoms with Crippen LogP contribution in [-0.2, 0) is 5.92 Å². The third-order valence-electron chi connectivity index (χ3n) is 3.42. The van der Waals surface area contributed by atoms with Crippen molar-refractivity contribution in [3.63, 3.8) is 0 Å². The van der Waals surface area contributed by atoms with Gasteiger partial charge in [0.2, 0.25) is 0 Å². The molecule has 1 aliphatic rings. The van der Waals surface area contributed by atoms with Gasteiger partial charge in [0.1, 0.15) is 0 Å². The Morgan fingerprint density at radius 3 is 2.56 bits per heavy atom. The third kappa shape index (κ3) is 3.06. The van der Waals surface area contributed by atoms with E-state index in [4.69, 9.17) is 0 Å². The summed E-state index contributed by atoms with van der Waals surface area (Å²) in [6.45, 7) is 6.40. The lowest BCUT2D eigenvalue weighted by Crippen LogP contribution is -2.47. The van der Waals surface area contributed by atoms with E-state index in [9.17, 15) is 8.78 Å². The molecule has 2 nitrogen and oxygen atoms in total. The van der Waals surface area contributed by atoms with E-state index in [-0.39, 0.29) is 12.1 Å². The number of nitrogens with zero attached hydrogens (tertiary/aromatic N) is 1. The Morgan fingerprint density at radius 2 is 1.89 bits per heavy atom. The first kappa shape index (κ1) is 13.4. The molecule has 0 bridgehead atoms. The van der Waals surface area contributed by atoms with Gasteiger partial charge in [-0.25, -0.2) is 0 Å². The quantitative estimate of drug-likeness (QED) is 0.890. The van der Waals surface area contributed by atoms with Gasteiger partial charge in [-0.3, -0.25) is 4.90 Å². The lowest BCUT2D eigenvalue weighted by atomic mass is 9.99. The second-order valence-corrected chi connectivity index (χ2v) is 5.05. The first-order valence-corrected chi connectivity index (χ1v) is 6.38. The zero-order chi connectivity index (χ0) is 13.2. The molecule has 0 aromatic heterocycles. The Morgan fingerprint density at radius 1 is 1.22 bits per heavy atom. The Labute approximate surface area is 107 Å². The molecule has 1 aromatic carbocycles. The number of hydrogen-bond donors (Lipinski definition) is 1. The van der Waals surface area contributed by atoms with Gasteiger partial charge < -0.3 is 5.32 Å². The molecule has 0 amide bonds. The molecule has 1 heterocycles. The highest BCUT2D eigenvalue weighted by molar-refractivity contribution is 5.34. The molecule has 0 atom stereocenters. The van der Waals surface area contributed by atoms with E-state index >= 15 is 0 Å². The maximum absolute atomic E-state index is 14.3. The van der Waals surface area contributed by atoms with E-state index in [0.717, 1.165) is 18.7 Å². The summed E-state index contributed by atoms with van der Waals surface area (Å²) in [6, 6.07) is 5.26.